The van der Waals surface area contributed by atoms with Crippen molar-refractivity contribution in [2.45, 2.75) is 6.54 Å². The van der Waals surface area contributed by atoms with Gasteiger partial charge in [-0.05, 0) is 29.8 Å². The quantitative estimate of drug-likeness (QED) is 0.910. The summed E-state index contributed by atoms with van der Waals surface area (Å²) in [5.74, 6) is 0.603. The van der Waals surface area contributed by atoms with E-state index >= 15 is 0 Å². The van der Waals surface area contributed by atoms with Gasteiger partial charge in [0.25, 0.3) is 11.8 Å². The highest BCUT2D eigenvalue weighted by Gasteiger charge is 2.22. The fourth-order valence-electron chi connectivity index (χ4n) is 2.56. The monoisotopic (exact) mass is 360 g/mol. The second kappa shape index (κ2) is 7.03. The molecule has 2 amide bonds. The lowest BCUT2D eigenvalue weighted by Gasteiger charge is -2.18. The molecule has 0 atom stereocenters. The SMILES string of the molecule is CNC(=O)c1ccc(CN(C)C(=O)c2cc(Cl)c3c(c2)OCO3)cc1. The molecule has 1 aliphatic heterocycles. The fraction of sp³-hybridized carbons (Fsp3) is 0.222. The first-order chi connectivity index (χ1) is 12.0. The zero-order valence-electron chi connectivity index (χ0n) is 13.8. The van der Waals surface area contributed by atoms with Crippen LogP contribution < -0.4 is 14.8 Å². The average molecular weight is 361 g/mol. The van der Waals surface area contributed by atoms with Gasteiger partial charge >= 0.3 is 0 Å². The lowest BCUT2D eigenvalue weighted by atomic mass is 10.1. The van der Waals surface area contributed by atoms with Gasteiger partial charge in [0.15, 0.2) is 11.5 Å². The van der Waals surface area contributed by atoms with Gasteiger partial charge in [-0.15, -0.1) is 0 Å². The molecular weight excluding hydrogens is 344 g/mol. The molecule has 0 saturated heterocycles. The summed E-state index contributed by atoms with van der Waals surface area (Å²) in [6, 6.07) is 10.3. The maximum atomic E-state index is 12.6. The van der Waals surface area contributed by atoms with Crippen molar-refractivity contribution in [3.8, 4) is 11.5 Å². The molecule has 0 spiro atoms. The van der Waals surface area contributed by atoms with Crippen LogP contribution in [0.15, 0.2) is 36.4 Å². The van der Waals surface area contributed by atoms with Crippen molar-refractivity contribution in [2.24, 2.45) is 0 Å². The van der Waals surface area contributed by atoms with E-state index in [9.17, 15) is 9.59 Å². The summed E-state index contributed by atoms with van der Waals surface area (Å²) < 4.78 is 10.5. The Morgan fingerprint density at radius 3 is 2.56 bits per heavy atom. The van der Waals surface area contributed by atoms with Crippen LogP contribution >= 0.6 is 11.6 Å². The Morgan fingerprint density at radius 1 is 1.16 bits per heavy atom. The van der Waals surface area contributed by atoms with Crippen molar-refractivity contribution in [1.29, 1.82) is 0 Å². The molecule has 0 radical (unpaired) electrons. The Morgan fingerprint density at radius 2 is 1.88 bits per heavy atom. The molecule has 6 nitrogen and oxygen atoms in total. The van der Waals surface area contributed by atoms with E-state index in [0.717, 1.165) is 5.56 Å². The number of halogens is 1. The first-order valence-corrected chi connectivity index (χ1v) is 8.03. The Bertz CT molecular complexity index is 821. The van der Waals surface area contributed by atoms with Crippen molar-refractivity contribution in [1.82, 2.24) is 10.2 Å². The number of hydrogen-bond acceptors (Lipinski definition) is 4. The molecule has 7 heteroatoms. The van der Waals surface area contributed by atoms with E-state index in [4.69, 9.17) is 21.1 Å². The van der Waals surface area contributed by atoms with Gasteiger partial charge in [-0.2, -0.15) is 0 Å². The van der Waals surface area contributed by atoms with Gasteiger partial charge < -0.3 is 19.7 Å². The first kappa shape index (κ1) is 17.1. The number of rotatable bonds is 4. The summed E-state index contributed by atoms with van der Waals surface area (Å²) in [6.45, 7) is 0.499. The molecule has 130 valence electrons. The number of carbonyl (C=O) groups excluding carboxylic acids is 2. The van der Waals surface area contributed by atoms with Gasteiger partial charge in [0.1, 0.15) is 0 Å². The van der Waals surface area contributed by atoms with Crippen LogP contribution in [0.25, 0.3) is 0 Å². The minimum Gasteiger partial charge on any atom is -0.454 e. The third-order valence-corrected chi connectivity index (χ3v) is 4.16. The molecule has 0 unspecified atom stereocenters. The minimum atomic E-state index is -0.185. The van der Waals surface area contributed by atoms with Crippen molar-refractivity contribution in [3.63, 3.8) is 0 Å². The van der Waals surface area contributed by atoms with Crippen LogP contribution in [0.2, 0.25) is 5.02 Å². The molecule has 0 bridgehead atoms. The van der Waals surface area contributed by atoms with Gasteiger partial charge in [-0.3, -0.25) is 9.59 Å². The molecule has 0 aliphatic carbocycles. The number of fused-ring (bicyclic) bond motifs is 1. The lowest BCUT2D eigenvalue weighted by Crippen LogP contribution is -2.26. The van der Waals surface area contributed by atoms with Crippen LogP contribution in [0.4, 0.5) is 0 Å². The van der Waals surface area contributed by atoms with Gasteiger partial charge in [0.05, 0.1) is 5.02 Å². The Hall–Kier alpha value is -2.73. The predicted molar refractivity (Wildman–Crippen MR) is 93.2 cm³/mol. The van der Waals surface area contributed by atoms with Gasteiger partial charge in [-0.1, -0.05) is 23.7 Å². The highest BCUT2D eigenvalue weighted by atomic mass is 35.5. The van der Waals surface area contributed by atoms with Crippen LogP contribution in [0.3, 0.4) is 0 Å². The molecule has 25 heavy (non-hydrogen) atoms. The third-order valence-electron chi connectivity index (χ3n) is 3.88. The Balaban J connectivity index is 1.73. The van der Waals surface area contributed by atoms with Gasteiger partial charge in [0.2, 0.25) is 6.79 Å². The molecule has 1 N–H and O–H groups in total. The number of hydrogen-bond donors (Lipinski definition) is 1. The van der Waals surface area contributed by atoms with E-state index < -0.39 is 0 Å². The summed E-state index contributed by atoms with van der Waals surface area (Å²) in [6.07, 6.45) is 0. The zero-order valence-corrected chi connectivity index (χ0v) is 14.6. The van der Waals surface area contributed by atoms with Crippen molar-refractivity contribution in [2.75, 3.05) is 20.9 Å². The number of amides is 2. The standard InChI is InChI=1S/C18H17ClN2O4/c1-20-17(22)12-5-3-11(4-6-12)9-21(2)18(23)13-7-14(19)16-15(8-13)24-10-25-16/h3-8H,9-10H2,1-2H3,(H,20,22). The summed E-state index contributed by atoms with van der Waals surface area (Å²) in [5.41, 5.74) is 1.91. The van der Waals surface area contributed by atoms with Gasteiger partial charge in [-0.25, -0.2) is 0 Å². The van der Waals surface area contributed by atoms with Crippen LogP contribution in [-0.2, 0) is 6.54 Å². The molecule has 2 aromatic carbocycles. The average Bonchev–Trinajstić information content (AvgIpc) is 3.10. The first-order valence-electron chi connectivity index (χ1n) is 7.65. The Labute approximate surface area is 150 Å². The van der Waals surface area contributed by atoms with E-state index in [1.54, 1.807) is 43.3 Å². The second-order valence-electron chi connectivity index (χ2n) is 5.63. The molecule has 0 saturated carbocycles. The summed E-state index contributed by atoms with van der Waals surface area (Å²) in [4.78, 5) is 25.8. The van der Waals surface area contributed by atoms with E-state index in [1.807, 2.05) is 12.1 Å². The summed E-state index contributed by atoms with van der Waals surface area (Å²) in [7, 11) is 3.28. The highest BCUT2D eigenvalue weighted by Crippen LogP contribution is 2.40. The second-order valence-corrected chi connectivity index (χ2v) is 6.04. The largest absolute Gasteiger partial charge is 0.454 e. The molecule has 1 heterocycles. The minimum absolute atomic E-state index is 0.0974. The number of benzene rings is 2. The number of nitrogens with one attached hydrogen (secondary N) is 1. The zero-order chi connectivity index (χ0) is 18.0. The number of nitrogens with zero attached hydrogens (tertiary/aromatic N) is 1. The fourth-order valence-corrected chi connectivity index (χ4v) is 2.83. The van der Waals surface area contributed by atoms with E-state index in [0.29, 0.717) is 34.2 Å². The predicted octanol–water partition coefficient (Wildman–Crippen LogP) is 2.70. The number of ether oxygens (including phenoxy) is 2. The van der Waals surface area contributed by atoms with Crippen molar-refractivity contribution >= 4 is 23.4 Å². The summed E-state index contributed by atoms with van der Waals surface area (Å²) in [5, 5.41) is 2.92. The Kier molecular flexibility index (Phi) is 4.81. The highest BCUT2D eigenvalue weighted by molar-refractivity contribution is 6.32. The van der Waals surface area contributed by atoms with E-state index in [2.05, 4.69) is 5.32 Å². The molecule has 3 rings (SSSR count). The molecule has 1 aliphatic rings. The van der Waals surface area contributed by atoms with Crippen LogP contribution in [0.1, 0.15) is 26.3 Å². The van der Waals surface area contributed by atoms with Crippen molar-refractivity contribution in [3.05, 3.63) is 58.1 Å². The molecule has 2 aromatic rings. The number of carbonyl (C=O) groups is 2. The van der Waals surface area contributed by atoms with Gasteiger partial charge in [0, 0.05) is 31.8 Å². The summed E-state index contributed by atoms with van der Waals surface area (Å²) >= 11 is 6.13. The smallest absolute Gasteiger partial charge is 0.254 e. The molecule has 0 aromatic heterocycles. The van der Waals surface area contributed by atoms with Crippen molar-refractivity contribution < 1.29 is 19.1 Å². The normalized spacial score (nSPS) is 12.0. The van der Waals surface area contributed by atoms with Crippen LogP contribution in [0.5, 0.6) is 11.5 Å². The third kappa shape index (κ3) is 3.53. The molecule has 0 fully saturated rings. The van der Waals surface area contributed by atoms with E-state index in [1.165, 1.54) is 0 Å². The maximum Gasteiger partial charge on any atom is 0.254 e. The van der Waals surface area contributed by atoms with Crippen LogP contribution in [0, 0.1) is 0 Å². The molecular formula is C18H17ClN2O4. The lowest BCUT2D eigenvalue weighted by molar-refractivity contribution is 0.0784. The van der Waals surface area contributed by atoms with E-state index in [-0.39, 0.29) is 18.6 Å². The topological polar surface area (TPSA) is 67.9 Å². The maximum absolute atomic E-state index is 12.6. The van der Waals surface area contributed by atoms with Crippen LogP contribution in [-0.4, -0.2) is 37.6 Å².